The van der Waals surface area contributed by atoms with Crippen LogP contribution in [-0.4, -0.2) is 29.8 Å². The maximum Gasteiger partial charge on any atom is 0.282 e. The number of imide groups is 1. The molecule has 0 aromatic heterocycles. The Morgan fingerprint density at radius 1 is 0.800 bits per heavy atom. The number of aryl methyl sites for hydroxylation is 1. The zero-order valence-electron chi connectivity index (χ0n) is 14.2. The molecule has 0 bridgehead atoms. The molecular weight excluding hydrogens is 312 g/mol. The molecule has 2 heterocycles. The highest BCUT2D eigenvalue weighted by Crippen LogP contribution is 2.35. The molecule has 4 nitrogen and oxygen atoms in total. The van der Waals surface area contributed by atoms with Crippen LogP contribution in [0.15, 0.2) is 60.3 Å². The molecule has 4 heteroatoms. The van der Waals surface area contributed by atoms with Gasteiger partial charge in [0.1, 0.15) is 5.70 Å². The van der Waals surface area contributed by atoms with Crippen molar-refractivity contribution in [2.24, 2.45) is 0 Å². The highest BCUT2D eigenvalue weighted by Gasteiger charge is 2.42. The molecule has 0 atom stereocenters. The van der Waals surface area contributed by atoms with Crippen molar-refractivity contribution in [3.05, 3.63) is 71.4 Å². The maximum absolute atomic E-state index is 13.2. The summed E-state index contributed by atoms with van der Waals surface area (Å²) in [7, 11) is 0. The number of carbonyl (C=O) groups excluding carboxylic acids is 2. The molecule has 4 rings (SSSR count). The summed E-state index contributed by atoms with van der Waals surface area (Å²) in [5.74, 6) is -0.448. The van der Waals surface area contributed by atoms with Crippen molar-refractivity contribution >= 4 is 23.1 Å². The largest absolute Gasteiger partial charge is 0.366 e. The Hall–Kier alpha value is -2.88. The van der Waals surface area contributed by atoms with Gasteiger partial charge in [-0.15, -0.1) is 0 Å². The first kappa shape index (κ1) is 15.6. The van der Waals surface area contributed by atoms with Crippen molar-refractivity contribution < 1.29 is 9.59 Å². The fourth-order valence-corrected chi connectivity index (χ4v) is 3.54. The van der Waals surface area contributed by atoms with Crippen molar-refractivity contribution in [1.82, 2.24) is 4.90 Å². The first-order chi connectivity index (χ1) is 12.2. The first-order valence-corrected chi connectivity index (χ1v) is 8.67. The Labute approximate surface area is 147 Å². The molecule has 2 aliphatic heterocycles. The van der Waals surface area contributed by atoms with E-state index in [0.29, 0.717) is 17.0 Å². The van der Waals surface area contributed by atoms with E-state index in [1.165, 1.54) is 4.90 Å². The normalized spacial score (nSPS) is 17.8. The second-order valence-corrected chi connectivity index (χ2v) is 6.57. The first-order valence-electron chi connectivity index (χ1n) is 8.67. The summed E-state index contributed by atoms with van der Waals surface area (Å²) < 4.78 is 0. The number of para-hydroxylation sites is 1. The van der Waals surface area contributed by atoms with Crippen LogP contribution >= 0.6 is 0 Å². The number of hydrogen-bond donors (Lipinski definition) is 0. The quantitative estimate of drug-likeness (QED) is 0.809. The molecule has 126 valence electrons. The average molecular weight is 332 g/mol. The summed E-state index contributed by atoms with van der Waals surface area (Å²) in [6.45, 7) is 3.66. The van der Waals surface area contributed by atoms with Gasteiger partial charge in [-0.05, 0) is 37.5 Å². The lowest BCUT2D eigenvalue weighted by Crippen LogP contribution is -2.34. The third-order valence-corrected chi connectivity index (χ3v) is 4.84. The minimum Gasteiger partial charge on any atom is -0.366 e. The van der Waals surface area contributed by atoms with Gasteiger partial charge in [0.15, 0.2) is 0 Å². The third kappa shape index (κ3) is 2.64. The Bertz CT molecular complexity index is 847. The number of anilines is 1. The van der Waals surface area contributed by atoms with Gasteiger partial charge in [0.05, 0.1) is 11.3 Å². The summed E-state index contributed by atoms with van der Waals surface area (Å²) in [6, 6.07) is 17.0. The number of nitrogens with zero attached hydrogens (tertiary/aromatic N) is 2. The van der Waals surface area contributed by atoms with Crippen molar-refractivity contribution in [1.29, 1.82) is 0 Å². The minimum atomic E-state index is -0.234. The summed E-state index contributed by atoms with van der Waals surface area (Å²) in [5, 5.41) is 0. The lowest BCUT2D eigenvalue weighted by atomic mass is 10.0. The van der Waals surface area contributed by atoms with Gasteiger partial charge < -0.3 is 4.90 Å². The number of benzene rings is 2. The van der Waals surface area contributed by atoms with Crippen molar-refractivity contribution in [3.63, 3.8) is 0 Å². The molecule has 2 amide bonds. The van der Waals surface area contributed by atoms with E-state index >= 15 is 0 Å². The minimum absolute atomic E-state index is 0.214. The van der Waals surface area contributed by atoms with Gasteiger partial charge in [-0.25, -0.2) is 4.90 Å². The van der Waals surface area contributed by atoms with E-state index < -0.39 is 0 Å². The molecule has 2 aromatic rings. The molecule has 0 N–H and O–H groups in total. The van der Waals surface area contributed by atoms with Gasteiger partial charge in [0.25, 0.3) is 11.8 Å². The number of carbonyl (C=O) groups is 2. The Kier molecular flexibility index (Phi) is 3.88. The molecule has 1 fully saturated rings. The SMILES string of the molecule is Cc1ccc(C2=C(N3CCCC3)C(=O)N(c3ccccc3)C2=O)cc1. The lowest BCUT2D eigenvalue weighted by Gasteiger charge is -2.20. The molecule has 0 saturated carbocycles. The van der Waals surface area contributed by atoms with Crippen LogP contribution in [0.25, 0.3) is 5.57 Å². The molecule has 0 unspecified atom stereocenters. The van der Waals surface area contributed by atoms with Crippen molar-refractivity contribution in [2.75, 3.05) is 18.0 Å². The van der Waals surface area contributed by atoms with Crippen LogP contribution in [0.1, 0.15) is 24.0 Å². The molecule has 0 radical (unpaired) electrons. The maximum atomic E-state index is 13.2. The van der Waals surface area contributed by atoms with Crippen LogP contribution in [0.5, 0.6) is 0 Å². The second kappa shape index (κ2) is 6.20. The van der Waals surface area contributed by atoms with Gasteiger partial charge >= 0.3 is 0 Å². The van der Waals surface area contributed by atoms with Crippen LogP contribution in [0.3, 0.4) is 0 Å². The number of amides is 2. The fourth-order valence-electron chi connectivity index (χ4n) is 3.54. The number of rotatable bonds is 3. The average Bonchev–Trinajstić information content (AvgIpc) is 3.23. The zero-order chi connectivity index (χ0) is 17.4. The molecular formula is C21H20N2O2. The van der Waals surface area contributed by atoms with Crippen LogP contribution in [0.4, 0.5) is 5.69 Å². The highest BCUT2D eigenvalue weighted by atomic mass is 16.2. The van der Waals surface area contributed by atoms with Gasteiger partial charge in [-0.1, -0.05) is 48.0 Å². The Morgan fingerprint density at radius 2 is 1.44 bits per heavy atom. The van der Waals surface area contributed by atoms with Crippen molar-refractivity contribution in [3.8, 4) is 0 Å². The van der Waals surface area contributed by atoms with Crippen LogP contribution in [-0.2, 0) is 9.59 Å². The summed E-state index contributed by atoms with van der Waals surface area (Å²) >= 11 is 0. The van der Waals surface area contributed by atoms with E-state index in [1.807, 2.05) is 49.4 Å². The molecule has 0 spiro atoms. The second-order valence-electron chi connectivity index (χ2n) is 6.57. The van der Waals surface area contributed by atoms with Gasteiger partial charge in [-0.2, -0.15) is 0 Å². The monoisotopic (exact) mass is 332 g/mol. The topological polar surface area (TPSA) is 40.6 Å². The zero-order valence-corrected chi connectivity index (χ0v) is 14.2. The summed E-state index contributed by atoms with van der Waals surface area (Å²) in [5.41, 5.74) is 3.63. The van der Waals surface area contributed by atoms with Gasteiger partial charge in [0, 0.05) is 13.1 Å². The van der Waals surface area contributed by atoms with E-state index in [0.717, 1.165) is 37.1 Å². The molecule has 25 heavy (non-hydrogen) atoms. The third-order valence-electron chi connectivity index (χ3n) is 4.84. The lowest BCUT2D eigenvalue weighted by molar-refractivity contribution is -0.120. The Morgan fingerprint density at radius 3 is 2.08 bits per heavy atom. The fraction of sp³-hybridized carbons (Fsp3) is 0.238. The number of likely N-dealkylation sites (tertiary alicyclic amines) is 1. The molecule has 2 aromatic carbocycles. The van der Waals surface area contributed by atoms with Crippen LogP contribution < -0.4 is 4.90 Å². The molecule has 2 aliphatic rings. The standard InChI is InChI=1S/C21H20N2O2/c1-15-9-11-16(12-10-15)18-19(22-13-5-6-14-22)21(25)23(20(18)24)17-7-3-2-4-8-17/h2-4,7-12H,5-6,13-14H2,1H3. The van der Waals surface area contributed by atoms with Crippen molar-refractivity contribution in [2.45, 2.75) is 19.8 Å². The summed E-state index contributed by atoms with van der Waals surface area (Å²) in [6.07, 6.45) is 2.11. The number of hydrogen-bond acceptors (Lipinski definition) is 3. The van der Waals surface area contributed by atoms with Crippen LogP contribution in [0, 0.1) is 6.92 Å². The summed E-state index contributed by atoms with van der Waals surface area (Å²) in [4.78, 5) is 29.7. The molecule has 0 aliphatic carbocycles. The predicted molar refractivity (Wildman–Crippen MR) is 97.8 cm³/mol. The van der Waals surface area contributed by atoms with E-state index in [2.05, 4.69) is 4.90 Å². The van der Waals surface area contributed by atoms with E-state index in [1.54, 1.807) is 12.1 Å². The van der Waals surface area contributed by atoms with E-state index in [-0.39, 0.29) is 11.8 Å². The Balaban J connectivity index is 1.84. The van der Waals surface area contributed by atoms with E-state index in [9.17, 15) is 9.59 Å². The molecule has 1 saturated heterocycles. The highest BCUT2D eigenvalue weighted by molar-refractivity contribution is 6.45. The smallest absolute Gasteiger partial charge is 0.282 e. The van der Waals surface area contributed by atoms with Gasteiger partial charge in [-0.3, -0.25) is 9.59 Å². The predicted octanol–water partition coefficient (Wildman–Crippen LogP) is 3.38. The van der Waals surface area contributed by atoms with E-state index in [4.69, 9.17) is 0 Å². The van der Waals surface area contributed by atoms with Crippen LogP contribution in [0.2, 0.25) is 0 Å². The van der Waals surface area contributed by atoms with Gasteiger partial charge in [0.2, 0.25) is 0 Å².